The normalized spacial score (nSPS) is 0. The van der Waals surface area contributed by atoms with E-state index in [0.29, 0.717) is 0 Å². The van der Waals surface area contributed by atoms with E-state index >= 15 is 0 Å². The van der Waals surface area contributed by atoms with E-state index in [-0.39, 0.29) is 150 Å². The molecule has 0 saturated heterocycles. The van der Waals surface area contributed by atoms with Gasteiger partial charge < -0.3 is 0 Å². The fourth-order valence-electron chi connectivity index (χ4n) is 0. The fourth-order valence-corrected chi connectivity index (χ4v) is 0. The molecule has 0 atom stereocenters. The summed E-state index contributed by atoms with van der Waals surface area (Å²) in [6.07, 6.45) is 0. The Kier molecular flexibility index (Phi) is 151. The van der Waals surface area contributed by atoms with Crippen molar-refractivity contribution >= 4 is 46.0 Å². The van der Waals surface area contributed by atoms with Crippen molar-refractivity contribution < 1.29 is 104 Å². The summed E-state index contributed by atoms with van der Waals surface area (Å²) in [5.74, 6) is 0. The molecule has 0 aliphatic rings. The summed E-state index contributed by atoms with van der Waals surface area (Å²) in [4.78, 5) is 0. The molecule has 0 aliphatic heterocycles. The molecule has 2 radical (unpaired) electrons. The Balaban J connectivity index is 0. The molecule has 0 amide bonds. The maximum absolute atomic E-state index is 0. The second kappa shape index (κ2) is 23.2. The predicted molar refractivity (Wildman–Crippen MR) is 19.9 cm³/mol. The first-order chi connectivity index (χ1) is 0. The Labute approximate surface area is 146 Å². The van der Waals surface area contributed by atoms with E-state index in [1.165, 1.54) is 0 Å². The summed E-state index contributed by atoms with van der Waals surface area (Å²) in [6, 6.07) is 0. The third kappa shape index (κ3) is 17.6. The van der Waals surface area contributed by atoms with Crippen molar-refractivity contribution in [3.8, 4) is 0 Å². The Morgan fingerprint density at radius 3 is 1.00 bits per heavy atom. The smallest absolute Gasteiger partial charge is 0 e. The zero-order chi connectivity index (χ0) is 0. The van der Waals surface area contributed by atoms with Gasteiger partial charge in [0.05, 0.1) is 0 Å². The van der Waals surface area contributed by atoms with Crippen LogP contribution >= 0.6 is 0 Å². The van der Waals surface area contributed by atoms with Gasteiger partial charge in [0.25, 0.3) is 0 Å². The van der Waals surface area contributed by atoms with E-state index in [1.54, 1.807) is 0 Å². The molecule has 0 bridgehead atoms. The van der Waals surface area contributed by atoms with Gasteiger partial charge in [0.15, 0.2) is 0 Å². The van der Waals surface area contributed by atoms with Crippen molar-refractivity contribution in [1.29, 1.82) is 0 Å². The molecule has 0 spiro atoms. The summed E-state index contributed by atoms with van der Waals surface area (Å²) in [6.45, 7) is 0. The van der Waals surface area contributed by atoms with E-state index < -0.39 is 0 Å². The van der Waals surface area contributed by atoms with Gasteiger partial charge in [0, 0.05) is 104 Å². The van der Waals surface area contributed by atoms with Crippen LogP contribution in [-0.4, -0.2) is 46.0 Å². The van der Waals surface area contributed by atoms with Crippen molar-refractivity contribution in [2.75, 3.05) is 0 Å². The Bertz CT molecular complexity index is 11.6. The van der Waals surface area contributed by atoms with E-state index in [2.05, 4.69) is 0 Å². The first-order valence-electron chi connectivity index (χ1n) is 0. The van der Waals surface area contributed by atoms with Crippen LogP contribution in [0.4, 0.5) is 0 Å². The second-order valence-electron chi connectivity index (χ2n) is 0. The molecule has 0 heterocycles. The summed E-state index contributed by atoms with van der Waals surface area (Å²) in [7, 11) is 0. The van der Waals surface area contributed by atoms with Crippen LogP contribution in [0.3, 0.4) is 0 Å². The molecule has 0 saturated carbocycles. The van der Waals surface area contributed by atoms with Crippen LogP contribution in [-0.2, 0) is 17.1 Å². The summed E-state index contributed by atoms with van der Waals surface area (Å²) in [5.41, 5.74) is 0. The minimum Gasteiger partial charge on any atom is 0 e. The van der Waals surface area contributed by atoms with Gasteiger partial charge in [-0.1, -0.05) is 0 Å². The monoisotopic (exact) mass is 658 g/mol. The molecule has 5 heavy (non-hydrogen) atoms. The van der Waals surface area contributed by atoms with Crippen LogP contribution in [0.2, 0.25) is 0 Å². The third-order valence-electron chi connectivity index (χ3n) is 0. The zero-order valence-electron chi connectivity index (χ0n) is 1.74. The SMILES string of the molecule is [BiH3].[Eu].[Fe].[GaH3].[Ho]. The van der Waals surface area contributed by atoms with Gasteiger partial charge in [-0.15, -0.1) is 0 Å². The van der Waals surface area contributed by atoms with Gasteiger partial charge in [-0.05, 0) is 0 Å². The van der Waals surface area contributed by atoms with Crippen LogP contribution in [0.15, 0.2) is 0 Å². The molecular formula is H6BiEuFeGaHo. The van der Waals surface area contributed by atoms with Gasteiger partial charge in [0.1, 0.15) is 0 Å². The Hall–Kier alpha value is 4.88. The molecule has 0 nitrogen and oxygen atoms in total. The summed E-state index contributed by atoms with van der Waals surface area (Å²) < 4.78 is 0. The van der Waals surface area contributed by atoms with Crippen LogP contribution in [0.25, 0.3) is 0 Å². The number of hydrogen-bond acceptors (Lipinski definition) is 0. The van der Waals surface area contributed by atoms with Gasteiger partial charge in [-0.3, -0.25) is 0 Å². The number of hydrogen-bond donors (Lipinski definition) is 0. The van der Waals surface area contributed by atoms with E-state index in [1.807, 2.05) is 0 Å². The fraction of sp³-hybridized carbons (Fsp3) is 0. The van der Waals surface area contributed by atoms with E-state index in [9.17, 15) is 0 Å². The van der Waals surface area contributed by atoms with Gasteiger partial charge in [-0.25, -0.2) is 0 Å². The topological polar surface area (TPSA) is 0 Å². The summed E-state index contributed by atoms with van der Waals surface area (Å²) in [5, 5.41) is 0. The Morgan fingerprint density at radius 1 is 1.00 bits per heavy atom. The van der Waals surface area contributed by atoms with Crippen LogP contribution in [0, 0.1) is 87.1 Å². The van der Waals surface area contributed by atoms with E-state index in [0.717, 1.165) is 0 Å². The van der Waals surface area contributed by atoms with Crippen molar-refractivity contribution in [1.82, 2.24) is 0 Å². The van der Waals surface area contributed by atoms with Crippen LogP contribution < -0.4 is 0 Å². The average Bonchev–Trinajstić information content (AvgIpc) is 0. The quantitative estimate of drug-likeness (QED) is 0.256. The largest absolute Gasteiger partial charge is 0 e. The molecular weight excluding hydrogens is 651 g/mol. The summed E-state index contributed by atoms with van der Waals surface area (Å²) >= 11 is 0. The molecule has 0 aliphatic carbocycles. The molecule has 0 aromatic heterocycles. The third-order valence-corrected chi connectivity index (χ3v) is 0. The molecule has 0 aromatic rings. The van der Waals surface area contributed by atoms with Gasteiger partial charge >= 0.3 is 46.0 Å². The van der Waals surface area contributed by atoms with Crippen molar-refractivity contribution in [3.63, 3.8) is 0 Å². The molecule has 0 unspecified atom stereocenters. The van der Waals surface area contributed by atoms with Crippen LogP contribution in [0.1, 0.15) is 0 Å². The molecule has 0 N–H and O–H groups in total. The number of rotatable bonds is 0. The van der Waals surface area contributed by atoms with Crippen molar-refractivity contribution in [3.05, 3.63) is 0 Å². The second-order valence-corrected chi connectivity index (χ2v) is 0. The standard InChI is InChI=1S/Bi.Eu.Fe.Ga.Ho.6H. The Morgan fingerprint density at radius 2 is 1.00 bits per heavy atom. The van der Waals surface area contributed by atoms with Gasteiger partial charge in [-0.2, -0.15) is 0 Å². The first kappa shape index (κ1) is 32.7. The molecule has 0 rings (SSSR count). The predicted octanol–water partition coefficient (Wildman–Crippen LogP) is -2.37. The molecule has 5 heteroatoms. The van der Waals surface area contributed by atoms with Crippen molar-refractivity contribution in [2.45, 2.75) is 0 Å². The molecule has 40 valence electrons. The van der Waals surface area contributed by atoms with Crippen molar-refractivity contribution in [2.24, 2.45) is 0 Å². The zero-order valence-corrected chi connectivity index (χ0v) is 12.7. The first-order valence-corrected chi connectivity index (χ1v) is 0. The molecule has 0 aromatic carbocycles. The van der Waals surface area contributed by atoms with Gasteiger partial charge in [0.2, 0.25) is 0 Å². The minimum absolute atomic E-state index is 0. The maximum Gasteiger partial charge on any atom is 0 e. The van der Waals surface area contributed by atoms with E-state index in [4.69, 9.17) is 0 Å². The minimum atomic E-state index is 0. The molecule has 0 fully saturated rings. The van der Waals surface area contributed by atoms with Crippen LogP contribution in [0.5, 0.6) is 0 Å². The maximum atomic E-state index is 0. The average molecular weight is 657 g/mol.